The van der Waals surface area contributed by atoms with Crippen LogP contribution in [-0.2, 0) is 9.53 Å². The number of benzene rings is 2. The van der Waals surface area contributed by atoms with Crippen LogP contribution in [0.1, 0.15) is 41.6 Å². The van der Waals surface area contributed by atoms with Gasteiger partial charge >= 0.3 is 0 Å². The second kappa shape index (κ2) is 12.0. The molecule has 0 bridgehead atoms. The maximum Gasteiger partial charge on any atom is 0.258 e. The first kappa shape index (κ1) is 25.7. The van der Waals surface area contributed by atoms with Crippen LogP contribution in [0.15, 0.2) is 53.1 Å². The van der Waals surface area contributed by atoms with Crippen molar-refractivity contribution in [3.8, 4) is 17.1 Å². The first-order valence-electron chi connectivity index (χ1n) is 11.8. The number of ether oxygens (including phenoxy) is 2. The normalized spacial score (nSPS) is 15.5. The maximum atomic E-state index is 13.5. The molecule has 2 amide bonds. The van der Waals surface area contributed by atoms with Crippen molar-refractivity contribution in [2.75, 3.05) is 40.5 Å². The van der Waals surface area contributed by atoms with Crippen LogP contribution in [0.3, 0.4) is 0 Å². The number of aromatic nitrogens is 2. The van der Waals surface area contributed by atoms with Gasteiger partial charge < -0.3 is 23.8 Å². The summed E-state index contributed by atoms with van der Waals surface area (Å²) in [5.41, 5.74) is 1.17. The van der Waals surface area contributed by atoms with Gasteiger partial charge in [0.05, 0.1) is 19.3 Å². The third-order valence-corrected chi connectivity index (χ3v) is 6.42. The van der Waals surface area contributed by atoms with E-state index in [1.54, 1.807) is 48.4 Å². The molecule has 10 heteroatoms. The average molecular weight is 513 g/mol. The van der Waals surface area contributed by atoms with Gasteiger partial charge in [-0.05, 0) is 55.7 Å². The third-order valence-electron chi connectivity index (χ3n) is 6.17. The van der Waals surface area contributed by atoms with Crippen molar-refractivity contribution in [3.05, 3.63) is 65.0 Å². The summed E-state index contributed by atoms with van der Waals surface area (Å²) in [4.78, 5) is 34.7. The molecule has 1 aromatic heterocycles. The number of halogens is 1. The van der Waals surface area contributed by atoms with Crippen LogP contribution in [0.25, 0.3) is 11.4 Å². The summed E-state index contributed by atoms with van der Waals surface area (Å²) in [7, 11) is 3.07. The van der Waals surface area contributed by atoms with Crippen molar-refractivity contribution in [3.63, 3.8) is 0 Å². The molecular weight excluding hydrogens is 484 g/mol. The number of likely N-dealkylation sites (tertiary alicyclic amines) is 1. The number of nitrogens with zero attached hydrogens (tertiary/aromatic N) is 4. The van der Waals surface area contributed by atoms with E-state index in [4.69, 9.17) is 25.6 Å². The molecule has 4 rings (SSSR count). The zero-order chi connectivity index (χ0) is 25.5. The third kappa shape index (κ3) is 5.85. The molecule has 2 aromatic carbocycles. The quantitative estimate of drug-likeness (QED) is 0.423. The number of carbonyl (C=O) groups excluding carboxylic acids is 2. The molecule has 1 saturated heterocycles. The summed E-state index contributed by atoms with van der Waals surface area (Å²) >= 11 is 5.98. The highest BCUT2D eigenvalue weighted by Crippen LogP contribution is 2.32. The lowest BCUT2D eigenvalue weighted by atomic mass is 10.0. The van der Waals surface area contributed by atoms with Gasteiger partial charge in [-0.25, -0.2) is 0 Å². The summed E-state index contributed by atoms with van der Waals surface area (Å²) in [5.74, 6) is 0.786. The molecular formula is C26H29ClN4O5. The van der Waals surface area contributed by atoms with Crippen molar-refractivity contribution in [1.82, 2.24) is 19.9 Å². The van der Waals surface area contributed by atoms with Crippen LogP contribution in [-0.4, -0.2) is 72.2 Å². The number of rotatable bonds is 9. The molecule has 0 N–H and O–H groups in total. The fraction of sp³-hybridized carbons (Fsp3) is 0.385. The van der Waals surface area contributed by atoms with Crippen LogP contribution >= 0.6 is 11.6 Å². The minimum atomic E-state index is -0.356. The molecule has 0 saturated carbocycles. The Balaban J connectivity index is 1.53. The molecule has 0 radical (unpaired) electrons. The Morgan fingerprint density at radius 3 is 2.67 bits per heavy atom. The topological polar surface area (TPSA) is 98.0 Å². The van der Waals surface area contributed by atoms with E-state index in [0.717, 1.165) is 18.4 Å². The summed E-state index contributed by atoms with van der Waals surface area (Å²) in [5, 5.41) is 4.73. The van der Waals surface area contributed by atoms with Crippen molar-refractivity contribution in [1.29, 1.82) is 0 Å². The van der Waals surface area contributed by atoms with E-state index in [2.05, 4.69) is 10.1 Å². The van der Waals surface area contributed by atoms with Crippen LogP contribution in [0.2, 0.25) is 5.02 Å². The zero-order valence-electron chi connectivity index (χ0n) is 20.4. The molecule has 1 unspecified atom stereocenters. The van der Waals surface area contributed by atoms with Crippen LogP contribution < -0.4 is 4.74 Å². The van der Waals surface area contributed by atoms with Crippen LogP contribution in [0.5, 0.6) is 5.75 Å². The van der Waals surface area contributed by atoms with Gasteiger partial charge in [-0.2, -0.15) is 4.98 Å². The van der Waals surface area contributed by atoms with Crippen LogP contribution in [0, 0.1) is 0 Å². The number of piperidine rings is 1. The number of methoxy groups -OCH3 is 2. The van der Waals surface area contributed by atoms with Gasteiger partial charge in [0, 0.05) is 30.8 Å². The molecule has 190 valence electrons. The standard InChI is InChI=1S/C26H29ClN4O5/c1-34-16-15-30(26(33)20-7-3-4-9-22(20)35-2)17-23(32)31-14-6-5-8-21(31)25-28-24(29-36-25)18-10-12-19(27)13-11-18/h3-4,7,9-13,21H,5-6,8,14-17H2,1-2H3. The lowest BCUT2D eigenvalue weighted by molar-refractivity contribution is -0.136. The van der Waals surface area contributed by atoms with E-state index >= 15 is 0 Å². The lowest BCUT2D eigenvalue weighted by Gasteiger charge is -2.35. The van der Waals surface area contributed by atoms with Gasteiger partial charge in [0.1, 0.15) is 18.3 Å². The smallest absolute Gasteiger partial charge is 0.258 e. The monoisotopic (exact) mass is 512 g/mol. The maximum absolute atomic E-state index is 13.5. The molecule has 36 heavy (non-hydrogen) atoms. The highest BCUT2D eigenvalue weighted by molar-refractivity contribution is 6.30. The summed E-state index contributed by atoms with van der Waals surface area (Å²) in [6.45, 7) is 1.00. The first-order valence-corrected chi connectivity index (χ1v) is 12.2. The van der Waals surface area contributed by atoms with Crippen molar-refractivity contribution < 1.29 is 23.6 Å². The molecule has 1 atom stereocenters. The number of hydrogen-bond donors (Lipinski definition) is 0. The van der Waals surface area contributed by atoms with Crippen molar-refractivity contribution in [2.45, 2.75) is 25.3 Å². The van der Waals surface area contributed by atoms with Crippen molar-refractivity contribution in [2.24, 2.45) is 0 Å². The van der Waals surface area contributed by atoms with E-state index in [1.165, 1.54) is 12.0 Å². The van der Waals surface area contributed by atoms with Gasteiger partial charge in [-0.3, -0.25) is 9.59 Å². The number of amides is 2. The second-order valence-electron chi connectivity index (χ2n) is 8.48. The Morgan fingerprint density at radius 2 is 1.92 bits per heavy atom. The molecule has 1 fully saturated rings. The Bertz CT molecular complexity index is 1180. The molecule has 0 spiro atoms. The Hall–Kier alpha value is -3.43. The van der Waals surface area contributed by atoms with E-state index in [0.29, 0.717) is 47.6 Å². The van der Waals surface area contributed by atoms with Gasteiger partial charge in [0.2, 0.25) is 17.6 Å². The number of hydrogen-bond acceptors (Lipinski definition) is 7. The molecule has 3 aromatic rings. The average Bonchev–Trinajstić information content (AvgIpc) is 3.41. The predicted octanol–water partition coefficient (Wildman–Crippen LogP) is 4.24. The summed E-state index contributed by atoms with van der Waals surface area (Å²) in [6.07, 6.45) is 2.49. The van der Waals surface area contributed by atoms with Crippen LogP contribution in [0.4, 0.5) is 0 Å². The minimum Gasteiger partial charge on any atom is -0.496 e. The van der Waals surface area contributed by atoms with Gasteiger partial charge in [-0.1, -0.05) is 28.9 Å². The number of carbonyl (C=O) groups is 2. The Morgan fingerprint density at radius 1 is 1.14 bits per heavy atom. The SMILES string of the molecule is COCCN(CC(=O)N1CCCCC1c1nc(-c2ccc(Cl)cc2)no1)C(=O)c1ccccc1OC. The number of para-hydroxylation sites is 1. The Kier molecular flexibility index (Phi) is 8.56. The Labute approximate surface area is 214 Å². The minimum absolute atomic E-state index is 0.102. The van der Waals surface area contributed by atoms with E-state index in [-0.39, 0.29) is 30.9 Å². The van der Waals surface area contributed by atoms with Gasteiger partial charge in [-0.15, -0.1) is 0 Å². The van der Waals surface area contributed by atoms with E-state index < -0.39 is 0 Å². The molecule has 0 aliphatic carbocycles. The molecule has 1 aliphatic rings. The highest BCUT2D eigenvalue weighted by atomic mass is 35.5. The molecule has 2 heterocycles. The fourth-order valence-electron chi connectivity index (χ4n) is 4.27. The summed E-state index contributed by atoms with van der Waals surface area (Å²) < 4.78 is 16.1. The zero-order valence-corrected chi connectivity index (χ0v) is 21.1. The largest absolute Gasteiger partial charge is 0.496 e. The predicted molar refractivity (Wildman–Crippen MR) is 134 cm³/mol. The molecule has 1 aliphatic heterocycles. The molecule has 9 nitrogen and oxygen atoms in total. The van der Waals surface area contributed by atoms with E-state index in [9.17, 15) is 9.59 Å². The first-order chi connectivity index (χ1) is 17.5. The fourth-order valence-corrected chi connectivity index (χ4v) is 4.40. The highest BCUT2D eigenvalue weighted by Gasteiger charge is 2.34. The van der Waals surface area contributed by atoms with Gasteiger partial charge in [0.15, 0.2) is 0 Å². The summed E-state index contributed by atoms with van der Waals surface area (Å²) in [6, 6.07) is 13.8. The van der Waals surface area contributed by atoms with Gasteiger partial charge in [0.25, 0.3) is 5.91 Å². The lowest BCUT2D eigenvalue weighted by Crippen LogP contribution is -2.47. The second-order valence-corrected chi connectivity index (χ2v) is 8.92. The van der Waals surface area contributed by atoms with Crippen molar-refractivity contribution >= 4 is 23.4 Å². The van der Waals surface area contributed by atoms with E-state index in [1.807, 2.05) is 12.1 Å².